The van der Waals surface area contributed by atoms with Crippen molar-refractivity contribution in [3.05, 3.63) is 71.3 Å². The fourth-order valence-electron chi connectivity index (χ4n) is 2.52. The molecule has 0 spiro atoms. The fourth-order valence-corrected chi connectivity index (χ4v) is 3.04. The van der Waals surface area contributed by atoms with Crippen molar-refractivity contribution in [3.8, 4) is 0 Å². The monoisotopic (exact) mass is 280 g/mol. The Morgan fingerprint density at radius 1 is 0.950 bits per heavy atom. The topological polar surface area (TPSA) is 17.1 Å². The van der Waals surface area contributed by atoms with E-state index in [4.69, 9.17) is 0 Å². The molecule has 1 unspecified atom stereocenters. The molecule has 1 aliphatic rings. The molecule has 0 N–H and O–H groups in total. The lowest BCUT2D eigenvalue weighted by Gasteiger charge is -2.02. The molecule has 0 saturated carbocycles. The highest BCUT2D eigenvalue weighted by atomic mass is 32.2. The smallest absolute Gasteiger partial charge is 0.0498 e. The standard InChI is InChI=1S/C18H16OS/c1-13-11-15(18-6-4-3-5-17(13)18)12-14-7-9-16(10-8-14)20(2)19/h3-12H,1-2H3/b15-12-. The Labute approximate surface area is 122 Å². The lowest BCUT2D eigenvalue weighted by molar-refractivity contribution is 0.687. The maximum absolute atomic E-state index is 11.4. The Bertz CT molecular complexity index is 736. The number of allylic oxidation sites excluding steroid dienone is 3. The minimum atomic E-state index is -0.916. The molecule has 2 aromatic rings. The molecular formula is C18H16OS. The molecule has 1 atom stereocenters. The van der Waals surface area contributed by atoms with E-state index in [2.05, 4.69) is 43.3 Å². The Balaban J connectivity index is 2.00. The van der Waals surface area contributed by atoms with Gasteiger partial charge in [-0.2, -0.15) is 0 Å². The minimum absolute atomic E-state index is 0.866. The van der Waals surface area contributed by atoms with Crippen LogP contribution in [0.2, 0.25) is 0 Å². The van der Waals surface area contributed by atoms with Crippen LogP contribution >= 0.6 is 0 Å². The average molecular weight is 280 g/mol. The van der Waals surface area contributed by atoms with Crippen LogP contribution in [0.5, 0.6) is 0 Å². The zero-order chi connectivity index (χ0) is 14.1. The van der Waals surface area contributed by atoms with E-state index in [9.17, 15) is 4.21 Å². The molecule has 0 bridgehead atoms. The highest BCUT2D eigenvalue weighted by molar-refractivity contribution is 7.84. The summed E-state index contributed by atoms with van der Waals surface area (Å²) in [4.78, 5) is 0.866. The van der Waals surface area contributed by atoms with Gasteiger partial charge in [-0.15, -0.1) is 0 Å². The van der Waals surface area contributed by atoms with Gasteiger partial charge in [0.25, 0.3) is 0 Å². The van der Waals surface area contributed by atoms with E-state index in [1.54, 1.807) is 6.26 Å². The molecule has 0 fully saturated rings. The van der Waals surface area contributed by atoms with Crippen LogP contribution in [0.3, 0.4) is 0 Å². The summed E-state index contributed by atoms with van der Waals surface area (Å²) in [5.41, 5.74) is 6.27. The van der Waals surface area contributed by atoms with Crippen molar-refractivity contribution in [2.24, 2.45) is 0 Å². The Hall–Kier alpha value is -1.93. The molecule has 3 rings (SSSR count). The quantitative estimate of drug-likeness (QED) is 0.797. The molecule has 0 radical (unpaired) electrons. The normalized spacial score (nSPS) is 16.9. The molecule has 0 amide bonds. The molecule has 1 nitrogen and oxygen atoms in total. The van der Waals surface area contributed by atoms with Crippen molar-refractivity contribution in [1.82, 2.24) is 0 Å². The molecule has 2 aromatic carbocycles. The summed E-state index contributed by atoms with van der Waals surface area (Å²) < 4.78 is 11.4. The molecular weight excluding hydrogens is 264 g/mol. The first-order chi connectivity index (χ1) is 9.65. The highest BCUT2D eigenvalue weighted by Crippen LogP contribution is 2.35. The van der Waals surface area contributed by atoms with Gasteiger partial charge in [0.2, 0.25) is 0 Å². The van der Waals surface area contributed by atoms with Gasteiger partial charge in [0.15, 0.2) is 0 Å². The van der Waals surface area contributed by atoms with Gasteiger partial charge >= 0.3 is 0 Å². The van der Waals surface area contributed by atoms with Gasteiger partial charge in [-0.1, -0.05) is 42.5 Å². The first-order valence-electron chi connectivity index (χ1n) is 6.58. The molecule has 100 valence electrons. The largest absolute Gasteiger partial charge is 0.255 e. The van der Waals surface area contributed by atoms with Crippen molar-refractivity contribution < 1.29 is 4.21 Å². The number of fused-ring (bicyclic) bond motifs is 1. The van der Waals surface area contributed by atoms with E-state index < -0.39 is 10.8 Å². The van der Waals surface area contributed by atoms with Gasteiger partial charge in [-0.3, -0.25) is 4.21 Å². The van der Waals surface area contributed by atoms with Gasteiger partial charge in [-0.05, 0) is 53.0 Å². The summed E-state index contributed by atoms with van der Waals surface area (Å²) in [7, 11) is -0.916. The highest BCUT2D eigenvalue weighted by Gasteiger charge is 2.14. The summed E-state index contributed by atoms with van der Waals surface area (Å²) in [6.07, 6.45) is 6.10. The van der Waals surface area contributed by atoms with E-state index >= 15 is 0 Å². The van der Waals surface area contributed by atoms with E-state index in [0.29, 0.717) is 0 Å². The maximum Gasteiger partial charge on any atom is 0.0498 e. The average Bonchev–Trinajstić information content (AvgIpc) is 2.77. The van der Waals surface area contributed by atoms with Crippen LogP contribution < -0.4 is 0 Å². The second-order valence-electron chi connectivity index (χ2n) is 5.00. The van der Waals surface area contributed by atoms with Crippen LogP contribution in [0.1, 0.15) is 23.6 Å². The third-order valence-corrected chi connectivity index (χ3v) is 4.51. The van der Waals surface area contributed by atoms with Gasteiger partial charge in [0.1, 0.15) is 0 Å². The predicted molar refractivity (Wildman–Crippen MR) is 86.7 cm³/mol. The molecule has 0 aliphatic heterocycles. The first-order valence-corrected chi connectivity index (χ1v) is 8.14. The molecule has 1 aliphatic carbocycles. The minimum Gasteiger partial charge on any atom is -0.255 e. The Morgan fingerprint density at radius 3 is 2.25 bits per heavy atom. The SMILES string of the molecule is CC1=C/C(=C/c2ccc(S(C)=O)cc2)c2ccccc21. The summed E-state index contributed by atoms with van der Waals surface area (Å²) in [5.74, 6) is 0. The second kappa shape index (κ2) is 5.22. The second-order valence-corrected chi connectivity index (χ2v) is 6.38. The number of benzene rings is 2. The lowest BCUT2D eigenvalue weighted by Crippen LogP contribution is -1.86. The fraction of sp³-hybridized carbons (Fsp3) is 0.111. The van der Waals surface area contributed by atoms with Crippen molar-refractivity contribution in [1.29, 1.82) is 0 Å². The predicted octanol–water partition coefficient (Wildman–Crippen LogP) is 4.38. The van der Waals surface area contributed by atoms with Gasteiger partial charge in [-0.25, -0.2) is 0 Å². The van der Waals surface area contributed by atoms with E-state index in [1.807, 2.05) is 24.3 Å². The maximum atomic E-state index is 11.4. The third-order valence-electron chi connectivity index (χ3n) is 3.57. The summed E-state index contributed by atoms with van der Waals surface area (Å²) in [6, 6.07) is 16.4. The van der Waals surface area contributed by atoms with Crippen LogP contribution in [0.25, 0.3) is 17.2 Å². The van der Waals surface area contributed by atoms with E-state index in [-0.39, 0.29) is 0 Å². The van der Waals surface area contributed by atoms with Gasteiger partial charge < -0.3 is 0 Å². The third kappa shape index (κ3) is 2.39. The molecule has 0 aromatic heterocycles. The number of hydrogen-bond acceptors (Lipinski definition) is 1. The summed E-state index contributed by atoms with van der Waals surface area (Å²) in [5, 5.41) is 0. The summed E-state index contributed by atoms with van der Waals surface area (Å²) in [6.45, 7) is 2.14. The number of rotatable bonds is 2. The van der Waals surface area contributed by atoms with Gasteiger partial charge in [0, 0.05) is 22.0 Å². The van der Waals surface area contributed by atoms with Crippen LogP contribution in [0, 0.1) is 0 Å². The molecule has 20 heavy (non-hydrogen) atoms. The van der Waals surface area contributed by atoms with Crippen molar-refractivity contribution >= 4 is 28.0 Å². The zero-order valence-electron chi connectivity index (χ0n) is 11.6. The molecule has 0 saturated heterocycles. The lowest BCUT2D eigenvalue weighted by atomic mass is 10.0. The van der Waals surface area contributed by atoms with Crippen molar-refractivity contribution in [3.63, 3.8) is 0 Å². The van der Waals surface area contributed by atoms with Crippen LogP contribution in [-0.2, 0) is 10.8 Å². The van der Waals surface area contributed by atoms with Gasteiger partial charge in [0.05, 0.1) is 0 Å². The Morgan fingerprint density at radius 2 is 1.60 bits per heavy atom. The molecule has 2 heteroatoms. The van der Waals surface area contributed by atoms with Crippen LogP contribution in [-0.4, -0.2) is 10.5 Å². The van der Waals surface area contributed by atoms with Crippen LogP contribution in [0.4, 0.5) is 0 Å². The molecule has 0 heterocycles. The van der Waals surface area contributed by atoms with E-state index in [0.717, 1.165) is 10.5 Å². The zero-order valence-corrected chi connectivity index (χ0v) is 12.4. The Kier molecular flexibility index (Phi) is 3.41. The van der Waals surface area contributed by atoms with Crippen LogP contribution in [0.15, 0.2) is 59.5 Å². The van der Waals surface area contributed by atoms with E-state index in [1.165, 1.54) is 22.3 Å². The van der Waals surface area contributed by atoms with Crippen molar-refractivity contribution in [2.45, 2.75) is 11.8 Å². The van der Waals surface area contributed by atoms with Crippen molar-refractivity contribution in [2.75, 3.05) is 6.26 Å². The first kappa shape index (κ1) is 13.1. The summed E-state index contributed by atoms with van der Waals surface area (Å²) >= 11 is 0. The number of hydrogen-bond donors (Lipinski definition) is 0.